The first-order valence-electron chi connectivity index (χ1n) is 5.88. The third-order valence-corrected chi connectivity index (χ3v) is 3.85. The van der Waals surface area contributed by atoms with Gasteiger partial charge in [0.2, 0.25) is 0 Å². The number of benzene rings is 2. The highest BCUT2D eigenvalue weighted by Gasteiger charge is 2.32. The Morgan fingerprint density at radius 1 is 1.21 bits per heavy atom. The smallest absolute Gasteiger partial charge is 0.176 e. The number of Topliss-reactive ketones (excluding diaryl/α,β-unsaturated/α-hetero) is 1. The molecule has 2 aromatic carbocycles. The Hall–Kier alpha value is -1.68. The first-order valence-corrected chi connectivity index (χ1v) is 6.67. The van der Waals surface area contributed by atoms with Crippen LogP contribution in [0.25, 0.3) is 0 Å². The van der Waals surface area contributed by atoms with Crippen LogP contribution in [0.15, 0.2) is 46.9 Å². The summed E-state index contributed by atoms with van der Waals surface area (Å²) in [6.45, 7) is 0.268. The zero-order chi connectivity index (χ0) is 13.4. The lowest BCUT2D eigenvalue weighted by atomic mass is 9.92. The average Bonchev–Trinajstić information content (AvgIpc) is 2.85. The predicted molar refractivity (Wildman–Crippen MR) is 73.1 cm³/mol. The van der Waals surface area contributed by atoms with Gasteiger partial charge < -0.3 is 4.74 Å². The highest BCUT2D eigenvalue weighted by atomic mass is 79.9. The maximum Gasteiger partial charge on any atom is 0.176 e. The molecule has 0 bridgehead atoms. The molecule has 96 valence electrons. The van der Waals surface area contributed by atoms with Gasteiger partial charge in [-0.15, -0.1) is 0 Å². The van der Waals surface area contributed by atoms with Gasteiger partial charge in [-0.2, -0.15) is 0 Å². The third kappa shape index (κ3) is 2.06. The molecule has 19 heavy (non-hydrogen) atoms. The van der Waals surface area contributed by atoms with E-state index >= 15 is 0 Å². The van der Waals surface area contributed by atoms with E-state index in [1.807, 2.05) is 24.3 Å². The molecule has 0 saturated heterocycles. The Balaban J connectivity index is 2.00. The summed E-state index contributed by atoms with van der Waals surface area (Å²) >= 11 is 3.10. The highest BCUT2D eigenvalue weighted by molar-refractivity contribution is 9.10. The van der Waals surface area contributed by atoms with Gasteiger partial charge in [-0.05, 0) is 34.1 Å². The van der Waals surface area contributed by atoms with Crippen molar-refractivity contribution in [3.8, 4) is 5.75 Å². The van der Waals surface area contributed by atoms with Gasteiger partial charge in [0.25, 0.3) is 0 Å². The van der Waals surface area contributed by atoms with Crippen LogP contribution in [0.1, 0.15) is 21.8 Å². The molecule has 0 fully saturated rings. The van der Waals surface area contributed by atoms with Crippen LogP contribution in [0.3, 0.4) is 0 Å². The van der Waals surface area contributed by atoms with E-state index in [-0.39, 0.29) is 18.0 Å². The lowest BCUT2D eigenvalue weighted by Gasteiger charge is -2.09. The average molecular weight is 321 g/mol. The van der Waals surface area contributed by atoms with E-state index in [4.69, 9.17) is 4.74 Å². The van der Waals surface area contributed by atoms with Gasteiger partial charge in [-0.3, -0.25) is 4.79 Å². The summed E-state index contributed by atoms with van der Waals surface area (Å²) in [5.74, 6) is -0.489. The molecule has 1 aliphatic rings. The summed E-state index contributed by atoms with van der Waals surface area (Å²) in [6, 6.07) is 12.1. The minimum absolute atomic E-state index is 0.0969. The number of fused-ring (bicyclic) bond motifs is 1. The van der Waals surface area contributed by atoms with Crippen molar-refractivity contribution in [1.82, 2.24) is 0 Å². The number of hydrogen-bond donors (Lipinski definition) is 0. The fraction of sp³-hybridized carbons (Fsp3) is 0.133. The van der Waals surface area contributed by atoms with Crippen molar-refractivity contribution in [2.75, 3.05) is 6.61 Å². The minimum atomic E-state index is -0.517. The fourth-order valence-electron chi connectivity index (χ4n) is 2.26. The topological polar surface area (TPSA) is 26.3 Å². The number of ether oxygens (including phenoxy) is 1. The molecule has 0 aromatic heterocycles. The van der Waals surface area contributed by atoms with Gasteiger partial charge in [0.15, 0.2) is 5.78 Å². The number of rotatable bonds is 2. The maximum absolute atomic E-state index is 14.0. The molecule has 1 unspecified atom stereocenters. The fourth-order valence-corrected chi connectivity index (χ4v) is 2.63. The van der Waals surface area contributed by atoms with E-state index in [9.17, 15) is 9.18 Å². The van der Waals surface area contributed by atoms with E-state index in [0.717, 1.165) is 5.56 Å². The lowest BCUT2D eigenvalue weighted by molar-refractivity contribution is 0.0943. The number of halogens is 2. The molecule has 1 aliphatic heterocycles. The summed E-state index contributed by atoms with van der Waals surface area (Å²) in [5.41, 5.74) is 0.923. The van der Waals surface area contributed by atoms with E-state index in [1.54, 1.807) is 12.1 Å². The summed E-state index contributed by atoms with van der Waals surface area (Å²) < 4.78 is 19.7. The minimum Gasteiger partial charge on any atom is -0.492 e. The number of carbonyl (C=O) groups is 1. The third-order valence-electron chi connectivity index (χ3n) is 3.23. The second kappa shape index (κ2) is 4.78. The number of carbonyl (C=O) groups excluding carboxylic acids is 1. The van der Waals surface area contributed by atoms with Crippen LogP contribution in [-0.2, 0) is 0 Å². The van der Waals surface area contributed by atoms with E-state index < -0.39 is 11.7 Å². The highest BCUT2D eigenvalue weighted by Crippen LogP contribution is 2.36. The first-order chi connectivity index (χ1) is 9.18. The largest absolute Gasteiger partial charge is 0.492 e. The second-order valence-corrected chi connectivity index (χ2v) is 5.22. The van der Waals surface area contributed by atoms with Gasteiger partial charge in [0.05, 0.1) is 16.0 Å². The van der Waals surface area contributed by atoms with Gasteiger partial charge in [-0.1, -0.05) is 24.3 Å². The molecule has 2 aromatic rings. The van der Waals surface area contributed by atoms with Gasteiger partial charge >= 0.3 is 0 Å². The van der Waals surface area contributed by atoms with E-state index in [0.29, 0.717) is 10.2 Å². The molecule has 0 amide bonds. The van der Waals surface area contributed by atoms with Crippen LogP contribution in [0.4, 0.5) is 4.39 Å². The van der Waals surface area contributed by atoms with Crippen molar-refractivity contribution in [2.45, 2.75) is 5.92 Å². The Labute approximate surface area is 118 Å². The standard InChI is InChI=1S/C15H10BrFO2/c16-12-6-3-5-10(14(12)17)15(18)11-8-19-13-7-2-1-4-9(11)13/h1-7,11H,8H2. The molecule has 0 spiro atoms. The Kier molecular flexibility index (Phi) is 3.11. The molecule has 0 aliphatic carbocycles. The van der Waals surface area contributed by atoms with Crippen LogP contribution in [0, 0.1) is 5.82 Å². The van der Waals surface area contributed by atoms with Crippen LogP contribution < -0.4 is 4.74 Å². The molecule has 0 N–H and O–H groups in total. The van der Waals surface area contributed by atoms with Crippen molar-refractivity contribution < 1.29 is 13.9 Å². The SMILES string of the molecule is O=C(c1cccc(Br)c1F)C1COc2ccccc21. The second-order valence-electron chi connectivity index (χ2n) is 4.37. The number of hydrogen-bond acceptors (Lipinski definition) is 2. The lowest BCUT2D eigenvalue weighted by Crippen LogP contribution is -2.15. The van der Waals surface area contributed by atoms with Crippen molar-refractivity contribution >= 4 is 21.7 Å². The summed E-state index contributed by atoms with van der Waals surface area (Å²) in [6.07, 6.45) is 0. The summed E-state index contributed by atoms with van der Waals surface area (Å²) in [5, 5.41) is 0. The summed E-state index contributed by atoms with van der Waals surface area (Å²) in [7, 11) is 0. The molecule has 0 radical (unpaired) electrons. The monoisotopic (exact) mass is 320 g/mol. The van der Waals surface area contributed by atoms with Gasteiger partial charge in [-0.25, -0.2) is 4.39 Å². The van der Waals surface area contributed by atoms with Crippen molar-refractivity contribution in [3.63, 3.8) is 0 Å². The van der Waals surface area contributed by atoms with Crippen molar-refractivity contribution in [1.29, 1.82) is 0 Å². The normalized spacial score (nSPS) is 16.8. The zero-order valence-electron chi connectivity index (χ0n) is 9.90. The maximum atomic E-state index is 14.0. The van der Waals surface area contributed by atoms with E-state index in [2.05, 4.69) is 15.9 Å². The Morgan fingerprint density at radius 3 is 2.84 bits per heavy atom. The molecular weight excluding hydrogens is 311 g/mol. The van der Waals surface area contributed by atoms with Gasteiger partial charge in [0, 0.05) is 5.56 Å². The molecule has 3 rings (SSSR count). The van der Waals surface area contributed by atoms with Crippen LogP contribution in [0.2, 0.25) is 0 Å². The molecular formula is C15H10BrFO2. The molecule has 2 nitrogen and oxygen atoms in total. The number of ketones is 1. The zero-order valence-corrected chi connectivity index (χ0v) is 11.5. The Morgan fingerprint density at radius 2 is 2.00 bits per heavy atom. The molecule has 1 heterocycles. The van der Waals surface area contributed by atoms with Crippen LogP contribution in [-0.4, -0.2) is 12.4 Å². The van der Waals surface area contributed by atoms with Crippen LogP contribution >= 0.6 is 15.9 Å². The van der Waals surface area contributed by atoms with E-state index in [1.165, 1.54) is 6.07 Å². The predicted octanol–water partition coefficient (Wildman–Crippen LogP) is 3.95. The Bertz CT molecular complexity index is 654. The molecule has 1 atom stereocenters. The molecule has 0 saturated carbocycles. The quantitative estimate of drug-likeness (QED) is 0.783. The van der Waals surface area contributed by atoms with Gasteiger partial charge in [0.1, 0.15) is 18.2 Å². The van der Waals surface area contributed by atoms with Crippen LogP contribution in [0.5, 0.6) is 5.75 Å². The van der Waals surface area contributed by atoms with Crippen molar-refractivity contribution in [2.24, 2.45) is 0 Å². The molecule has 4 heteroatoms. The van der Waals surface area contributed by atoms with Crippen molar-refractivity contribution in [3.05, 3.63) is 63.9 Å². The first kappa shape index (κ1) is 12.4. The summed E-state index contributed by atoms with van der Waals surface area (Å²) in [4.78, 5) is 12.4. The number of para-hydroxylation sites is 1.